The first-order valence-corrected chi connectivity index (χ1v) is 10.2. The van der Waals surface area contributed by atoms with Gasteiger partial charge in [-0.3, -0.25) is 4.79 Å². The summed E-state index contributed by atoms with van der Waals surface area (Å²) in [5.41, 5.74) is 5.67. The first kappa shape index (κ1) is 23.9. The molecule has 11 nitrogen and oxygen atoms in total. The molecule has 0 fully saturated rings. The maximum atomic E-state index is 12.9. The average molecular weight is 471 g/mol. The number of hydrogen-bond donors (Lipinski definition) is 3. The number of nitrogens with two attached hydrogens (primary N) is 1. The van der Waals surface area contributed by atoms with Gasteiger partial charge in [-0.25, -0.2) is 4.79 Å². The van der Waals surface area contributed by atoms with Gasteiger partial charge in [0, 0.05) is 23.9 Å². The average Bonchev–Trinajstić information content (AvgIpc) is 2.68. The summed E-state index contributed by atoms with van der Waals surface area (Å²) in [6.07, 6.45) is -0.953. The molecular weight excluding hydrogens is 452 g/mol. The van der Waals surface area contributed by atoms with Crippen molar-refractivity contribution in [3.63, 3.8) is 0 Å². The van der Waals surface area contributed by atoms with Gasteiger partial charge in [-0.05, 0) is 30.3 Å². The third-order valence-electron chi connectivity index (χ3n) is 3.46. The van der Waals surface area contributed by atoms with Gasteiger partial charge in [-0.15, -0.1) is 4.99 Å². The van der Waals surface area contributed by atoms with E-state index >= 15 is 0 Å². The zero-order chi connectivity index (χ0) is 23.0. The molecule has 0 spiro atoms. The zero-order valence-corrected chi connectivity index (χ0v) is 18.0. The van der Waals surface area contributed by atoms with Crippen LogP contribution in [0.4, 0.5) is 16.2 Å². The summed E-state index contributed by atoms with van der Waals surface area (Å²) in [4.78, 5) is 26.1. The van der Waals surface area contributed by atoms with E-state index in [1.807, 2.05) is 0 Å². The van der Waals surface area contributed by atoms with Gasteiger partial charge in [0.2, 0.25) is 11.9 Å². The van der Waals surface area contributed by atoms with Crippen molar-refractivity contribution in [1.29, 1.82) is 0 Å². The number of nitrogens with zero attached hydrogens (tertiary/aromatic N) is 1. The molecule has 0 bridgehead atoms. The van der Waals surface area contributed by atoms with Crippen LogP contribution >= 0.6 is 11.6 Å². The molecule has 0 atom stereocenters. The highest BCUT2D eigenvalue weighted by atomic mass is 35.5. The zero-order valence-electron chi connectivity index (χ0n) is 16.4. The number of ether oxygens (including phenoxy) is 2. The molecule has 0 saturated carbocycles. The summed E-state index contributed by atoms with van der Waals surface area (Å²) in [6.45, 7) is -0.298. The lowest BCUT2D eigenvalue weighted by Crippen LogP contribution is -2.25. The Labute approximate surface area is 183 Å². The summed E-state index contributed by atoms with van der Waals surface area (Å²) in [5, 5.41) is 5.24. The van der Waals surface area contributed by atoms with E-state index in [9.17, 15) is 18.0 Å². The number of anilines is 2. The molecular formula is C18H19ClN4O7S. The topological polar surface area (TPSA) is 158 Å². The first-order chi connectivity index (χ1) is 14.6. The predicted molar refractivity (Wildman–Crippen MR) is 114 cm³/mol. The highest BCUT2D eigenvalue weighted by Crippen LogP contribution is 2.29. The molecule has 4 N–H and O–H groups in total. The highest BCUT2D eigenvalue weighted by Gasteiger charge is 2.23. The minimum Gasteiger partial charge on any atom is -0.451 e. The van der Waals surface area contributed by atoms with E-state index in [2.05, 4.69) is 20.4 Å². The summed E-state index contributed by atoms with van der Waals surface area (Å²) in [7, 11) is -2.00. The lowest BCUT2D eigenvalue weighted by atomic mass is 10.2. The standard InChI is InChI=1S/C18H19ClN4O7S/c1-28-10-16(24)22-14-7-6-12(21-17(20)23-18(25)29-2)9-15(14)31(26,27)30-13-5-3-4-11(19)8-13/h3-9H,10H2,1-2H3,(H,22,24)(H3,20,21,23,25). The third-order valence-corrected chi connectivity index (χ3v) is 4.98. The van der Waals surface area contributed by atoms with E-state index in [4.69, 9.17) is 26.3 Å². The van der Waals surface area contributed by atoms with Crippen molar-refractivity contribution in [1.82, 2.24) is 0 Å². The maximum Gasteiger partial charge on any atom is 0.436 e. The summed E-state index contributed by atoms with van der Waals surface area (Å²) >= 11 is 5.87. The van der Waals surface area contributed by atoms with E-state index in [-0.39, 0.29) is 34.7 Å². The van der Waals surface area contributed by atoms with Crippen LogP contribution in [0, 0.1) is 0 Å². The Kier molecular flexibility index (Phi) is 8.19. The molecule has 2 amide bonds. The van der Waals surface area contributed by atoms with Crippen LogP contribution in [0.2, 0.25) is 5.02 Å². The van der Waals surface area contributed by atoms with Gasteiger partial charge in [0.25, 0.3) is 0 Å². The number of guanidine groups is 1. The Morgan fingerprint density at radius 3 is 2.52 bits per heavy atom. The monoisotopic (exact) mass is 470 g/mol. The molecule has 13 heteroatoms. The second-order valence-corrected chi connectivity index (χ2v) is 7.73. The first-order valence-electron chi connectivity index (χ1n) is 8.46. The molecule has 2 rings (SSSR count). The van der Waals surface area contributed by atoms with Crippen molar-refractivity contribution < 1.29 is 31.7 Å². The lowest BCUT2D eigenvalue weighted by Gasteiger charge is -2.14. The summed E-state index contributed by atoms with van der Waals surface area (Å²) in [6, 6.07) is 9.61. The van der Waals surface area contributed by atoms with E-state index in [1.54, 1.807) is 6.07 Å². The Bertz CT molecular complexity index is 1110. The van der Waals surface area contributed by atoms with Crippen LogP contribution in [0.1, 0.15) is 0 Å². The van der Waals surface area contributed by atoms with Crippen LogP contribution in [0.5, 0.6) is 5.75 Å². The van der Waals surface area contributed by atoms with Crippen molar-refractivity contribution in [3.8, 4) is 5.75 Å². The second kappa shape index (κ2) is 10.6. The van der Waals surface area contributed by atoms with Gasteiger partial charge in [-0.1, -0.05) is 17.7 Å². The number of amides is 2. The fourth-order valence-electron chi connectivity index (χ4n) is 2.24. The molecule has 0 saturated heterocycles. The van der Waals surface area contributed by atoms with Crippen molar-refractivity contribution in [3.05, 3.63) is 47.5 Å². The number of carbonyl (C=O) groups excluding carboxylic acids is 2. The highest BCUT2D eigenvalue weighted by molar-refractivity contribution is 7.87. The number of halogens is 1. The van der Waals surface area contributed by atoms with Crippen molar-refractivity contribution >= 4 is 51.1 Å². The molecule has 0 radical (unpaired) electrons. The fourth-order valence-corrected chi connectivity index (χ4v) is 3.52. The van der Waals surface area contributed by atoms with E-state index < -0.39 is 27.0 Å². The van der Waals surface area contributed by atoms with Gasteiger partial charge >= 0.3 is 16.2 Å². The Balaban J connectivity index is 2.44. The predicted octanol–water partition coefficient (Wildman–Crippen LogP) is 2.19. The van der Waals surface area contributed by atoms with E-state index in [0.717, 1.165) is 13.2 Å². The van der Waals surface area contributed by atoms with E-state index in [0.29, 0.717) is 0 Å². The molecule has 2 aromatic rings. The van der Waals surface area contributed by atoms with Crippen LogP contribution in [0.15, 0.2) is 52.4 Å². The lowest BCUT2D eigenvalue weighted by molar-refractivity contribution is -0.119. The molecule has 0 aliphatic heterocycles. The van der Waals surface area contributed by atoms with Gasteiger partial charge in [0.05, 0.1) is 12.8 Å². The third kappa shape index (κ3) is 7.13. The Morgan fingerprint density at radius 1 is 1.13 bits per heavy atom. The number of rotatable bonds is 7. The molecule has 0 aromatic heterocycles. The number of nitrogens with one attached hydrogen (secondary N) is 2. The van der Waals surface area contributed by atoms with Crippen LogP contribution in [0.3, 0.4) is 0 Å². The van der Waals surface area contributed by atoms with Crippen molar-refractivity contribution in [2.45, 2.75) is 4.90 Å². The molecule has 0 aliphatic carbocycles. The summed E-state index contributed by atoms with van der Waals surface area (Å²) < 4.78 is 40.1. The van der Waals surface area contributed by atoms with Gasteiger partial charge in [0.1, 0.15) is 17.3 Å². The number of aliphatic imine (C=N–C) groups is 1. The van der Waals surface area contributed by atoms with Crippen molar-refractivity contribution in [2.24, 2.45) is 10.7 Å². The quantitative estimate of drug-likeness (QED) is 0.313. The van der Waals surface area contributed by atoms with Crippen LogP contribution in [-0.4, -0.2) is 47.2 Å². The molecule has 31 heavy (non-hydrogen) atoms. The van der Waals surface area contributed by atoms with Gasteiger partial charge in [-0.2, -0.15) is 8.42 Å². The fraction of sp³-hybridized carbons (Fsp3) is 0.167. The molecule has 166 valence electrons. The normalized spacial score (nSPS) is 11.5. The molecule has 0 unspecified atom stereocenters. The van der Waals surface area contributed by atoms with Crippen LogP contribution in [0.25, 0.3) is 0 Å². The number of carbonyl (C=O) groups is 2. The minimum atomic E-state index is -4.43. The van der Waals surface area contributed by atoms with Gasteiger partial charge < -0.3 is 30.0 Å². The van der Waals surface area contributed by atoms with Crippen LogP contribution in [-0.2, 0) is 24.4 Å². The SMILES string of the molecule is COCC(=O)Nc1ccc(NC(N)=NC(=O)OC)cc1S(=O)(=O)Oc1cccc(Cl)c1. The number of methoxy groups -OCH3 is 2. The number of hydrogen-bond acceptors (Lipinski definition) is 7. The smallest absolute Gasteiger partial charge is 0.436 e. The largest absolute Gasteiger partial charge is 0.451 e. The molecule has 0 aliphatic rings. The summed E-state index contributed by atoms with van der Waals surface area (Å²) in [5.74, 6) is -0.969. The minimum absolute atomic E-state index is 0.0354. The second-order valence-electron chi connectivity index (χ2n) is 5.78. The van der Waals surface area contributed by atoms with Crippen LogP contribution < -0.4 is 20.6 Å². The molecule has 2 aromatic carbocycles. The maximum absolute atomic E-state index is 12.9. The van der Waals surface area contributed by atoms with Crippen molar-refractivity contribution in [2.75, 3.05) is 31.5 Å². The van der Waals surface area contributed by atoms with Gasteiger partial charge in [0.15, 0.2) is 0 Å². The Morgan fingerprint density at radius 2 is 1.87 bits per heavy atom. The molecule has 0 heterocycles. The number of benzene rings is 2. The Hall–Kier alpha value is -3.35. The van der Waals surface area contributed by atoms with E-state index in [1.165, 1.54) is 37.4 Å².